The maximum atomic E-state index is 14.0. The van der Waals surface area contributed by atoms with Crippen molar-refractivity contribution in [1.82, 2.24) is 9.47 Å². The number of hydrogen-bond acceptors (Lipinski definition) is 7. The van der Waals surface area contributed by atoms with Gasteiger partial charge in [-0.15, -0.1) is 0 Å². The minimum Gasteiger partial charge on any atom is -0.497 e. The molecule has 0 fully saturated rings. The predicted molar refractivity (Wildman–Crippen MR) is 157 cm³/mol. The zero-order valence-corrected chi connectivity index (χ0v) is 25.2. The number of likely N-dealkylation sites (N-methyl/N-ethyl adjacent to an activating group) is 1. The number of aromatic nitrogens is 1. The number of allylic oxidation sites excluding steroid dienone is 1. The molecule has 2 aromatic carbocycles. The first kappa shape index (κ1) is 27.9. The number of rotatable bonds is 8. The summed E-state index contributed by atoms with van der Waals surface area (Å²) in [4.78, 5) is 34.8. The highest BCUT2D eigenvalue weighted by Crippen LogP contribution is 2.38. The molecule has 1 aromatic heterocycles. The normalized spacial score (nSPS) is 15.1. The number of halogens is 1. The average molecular weight is 648 g/mol. The lowest BCUT2D eigenvalue weighted by Crippen LogP contribution is -2.43. The minimum atomic E-state index is -0.734. The summed E-state index contributed by atoms with van der Waals surface area (Å²) in [5.41, 5.74) is 2.31. The topological polar surface area (TPSA) is 82.4 Å². The smallest absolute Gasteiger partial charge is 0.271 e. The number of hydrogen-bond donors (Lipinski definition) is 0. The van der Waals surface area contributed by atoms with Crippen LogP contribution in [0.15, 0.2) is 57.5 Å². The van der Waals surface area contributed by atoms with Gasteiger partial charge in [0.25, 0.3) is 11.5 Å². The second-order valence-electron chi connectivity index (χ2n) is 8.56. The van der Waals surface area contributed by atoms with Gasteiger partial charge in [-0.25, -0.2) is 4.99 Å². The van der Waals surface area contributed by atoms with E-state index in [2.05, 4.69) is 22.6 Å². The van der Waals surface area contributed by atoms with Gasteiger partial charge < -0.3 is 19.1 Å². The number of carbonyl (C=O) groups excluding carboxylic acids is 1. The zero-order valence-electron chi connectivity index (χ0n) is 22.2. The Bertz CT molecular complexity index is 1590. The van der Waals surface area contributed by atoms with Gasteiger partial charge in [0, 0.05) is 18.7 Å². The summed E-state index contributed by atoms with van der Waals surface area (Å²) in [5, 5.41) is 0. The molecule has 4 rings (SSSR count). The van der Waals surface area contributed by atoms with Crippen LogP contribution in [-0.4, -0.2) is 49.8 Å². The molecule has 0 spiro atoms. The molecule has 1 atom stereocenters. The van der Waals surface area contributed by atoms with Gasteiger partial charge in [0.2, 0.25) is 0 Å². The molecular weight excluding hydrogens is 617 g/mol. The molecule has 200 valence electrons. The molecule has 0 aliphatic carbocycles. The zero-order chi connectivity index (χ0) is 27.6. The summed E-state index contributed by atoms with van der Waals surface area (Å²) in [7, 11) is 4.78. The lowest BCUT2D eigenvalue weighted by Gasteiger charge is -2.30. The molecule has 0 radical (unpaired) electrons. The SMILES string of the molecule is CCN(CC)C(=O)C1=C(C)N=c2s/c(=C/c3ccc(OC)c(I)c3)c(=O)n2[C@H]1c1cc(OC)ccc1OC. The molecule has 38 heavy (non-hydrogen) atoms. The van der Waals surface area contributed by atoms with Crippen molar-refractivity contribution in [3.63, 3.8) is 0 Å². The third kappa shape index (κ3) is 5.11. The van der Waals surface area contributed by atoms with E-state index < -0.39 is 6.04 Å². The van der Waals surface area contributed by atoms with Crippen molar-refractivity contribution in [1.29, 1.82) is 0 Å². The number of benzene rings is 2. The third-order valence-corrected chi connectivity index (χ3v) is 8.33. The van der Waals surface area contributed by atoms with Gasteiger partial charge in [0.15, 0.2) is 4.80 Å². The summed E-state index contributed by atoms with van der Waals surface area (Å²) in [6, 6.07) is 10.4. The third-order valence-electron chi connectivity index (χ3n) is 6.51. The van der Waals surface area contributed by atoms with Crippen LogP contribution >= 0.6 is 33.9 Å². The van der Waals surface area contributed by atoms with E-state index in [1.165, 1.54) is 11.3 Å². The van der Waals surface area contributed by atoms with Crippen molar-refractivity contribution in [2.75, 3.05) is 34.4 Å². The molecule has 3 aromatic rings. The van der Waals surface area contributed by atoms with Gasteiger partial charge in [-0.05, 0) is 85.3 Å². The van der Waals surface area contributed by atoms with Gasteiger partial charge in [0.1, 0.15) is 23.3 Å². The highest BCUT2D eigenvalue weighted by molar-refractivity contribution is 14.1. The van der Waals surface area contributed by atoms with Crippen LogP contribution in [0.25, 0.3) is 6.08 Å². The Morgan fingerprint density at radius 1 is 1.08 bits per heavy atom. The molecule has 10 heteroatoms. The van der Waals surface area contributed by atoms with Crippen molar-refractivity contribution in [2.24, 2.45) is 4.99 Å². The van der Waals surface area contributed by atoms with Crippen LogP contribution < -0.4 is 29.1 Å². The fourth-order valence-corrected chi connectivity index (χ4v) is 6.35. The standard InChI is InChI=1S/C28H30IN3O5S/c1-7-31(8-2)27(34)24-16(3)30-28-32(25(24)19-15-18(35-4)10-12-21(19)36-5)26(33)23(38-28)14-17-9-11-22(37-6)20(29)13-17/h9-15,25H,7-8H2,1-6H3/b23-14+/t25-/m0/s1. The van der Waals surface area contributed by atoms with Crippen molar-refractivity contribution >= 4 is 45.9 Å². The minimum absolute atomic E-state index is 0.162. The van der Waals surface area contributed by atoms with Crippen molar-refractivity contribution in [2.45, 2.75) is 26.8 Å². The summed E-state index contributed by atoms with van der Waals surface area (Å²) in [5.74, 6) is 1.75. The number of methoxy groups -OCH3 is 3. The Balaban J connectivity index is 2.01. The molecule has 1 amide bonds. The molecule has 2 heterocycles. The summed E-state index contributed by atoms with van der Waals surface area (Å²) in [6.07, 6.45) is 1.84. The molecule has 0 bridgehead atoms. The van der Waals surface area contributed by atoms with Crippen molar-refractivity contribution in [3.05, 3.63) is 82.1 Å². The monoisotopic (exact) mass is 647 g/mol. The van der Waals surface area contributed by atoms with Crippen LogP contribution in [0.2, 0.25) is 0 Å². The number of thiazole rings is 1. The quantitative estimate of drug-likeness (QED) is 0.349. The number of ether oxygens (including phenoxy) is 3. The van der Waals surface area contributed by atoms with E-state index in [9.17, 15) is 9.59 Å². The van der Waals surface area contributed by atoms with Crippen LogP contribution in [0.3, 0.4) is 0 Å². The van der Waals surface area contributed by atoms with Gasteiger partial charge in [0.05, 0.1) is 40.7 Å². The summed E-state index contributed by atoms with van der Waals surface area (Å²) >= 11 is 3.50. The van der Waals surface area contributed by atoms with E-state index in [0.29, 0.717) is 50.8 Å². The maximum absolute atomic E-state index is 14.0. The molecule has 0 N–H and O–H groups in total. The first-order valence-corrected chi connectivity index (χ1v) is 14.0. The van der Waals surface area contributed by atoms with E-state index >= 15 is 0 Å². The van der Waals surface area contributed by atoms with Crippen LogP contribution in [0, 0.1) is 3.57 Å². The summed E-state index contributed by atoms with van der Waals surface area (Å²) in [6.45, 7) is 6.76. The largest absolute Gasteiger partial charge is 0.497 e. The molecule has 8 nitrogen and oxygen atoms in total. The second kappa shape index (κ2) is 11.7. The van der Waals surface area contributed by atoms with Crippen LogP contribution in [0.5, 0.6) is 17.2 Å². The fraction of sp³-hybridized carbons (Fsp3) is 0.321. The van der Waals surface area contributed by atoms with E-state index in [1.807, 2.05) is 51.1 Å². The Hall–Kier alpha value is -3.12. The van der Waals surface area contributed by atoms with Crippen molar-refractivity contribution in [3.8, 4) is 17.2 Å². The second-order valence-corrected chi connectivity index (χ2v) is 10.7. The highest BCUT2D eigenvalue weighted by atomic mass is 127. The molecule has 1 aliphatic heterocycles. The molecule has 0 saturated heterocycles. The fourth-order valence-electron chi connectivity index (χ4n) is 4.55. The Kier molecular flexibility index (Phi) is 8.61. The van der Waals surface area contributed by atoms with Crippen LogP contribution in [-0.2, 0) is 4.79 Å². The summed E-state index contributed by atoms with van der Waals surface area (Å²) < 4.78 is 19.6. The maximum Gasteiger partial charge on any atom is 0.271 e. The van der Waals surface area contributed by atoms with Gasteiger partial charge in [-0.2, -0.15) is 0 Å². The predicted octanol–water partition coefficient (Wildman–Crippen LogP) is 3.73. The van der Waals surface area contributed by atoms with E-state index in [1.54, 1.807) is 42.9 Å². The van der Waals surface area contributed by atoms with Crippen LogP contribution in [0.4, 0.5) is 0 Å². The van der Waals surface area contributed by atoms with Gasteiger partial charge in [-0.1, -0.05) is 17.4 Å². The number of fused-ring (bicyclic) bond motifs is 1. The van der Waals surface area contributed by atoms with Crippen LogP contribution in [0.1, 0.15) is 37.9 Å². The highest BCUT2D eigenvalue weighted by Gasteiger charge is 2.36. The lowest BCUT2D eigenvalue weighted by atomic mass is 9.93. The Labute approximate surface area is 239 Å². The molecule has 0 unspecified atom stereocenters. The first-order chi connectivity index (χ1) is 18.3. The average Bonchev–Trinajstić information content (AvgIpc) is 3.22. The van der Waals surface area contributed by atoms with Crippen molar-refractivity contribution < 1.29 is 19.0 Å². The molecule has 1 aliphatic rings. The van der Waals surface area contributed by atoms with Gasteiger partial charge >= 0.3 is 0 Å². The van der Waals surface area contributed by atoms with E-state index in [0.717, 1.165) is 14.9 Å². The lowest BCUT2D eigenvalue weighted by molar-refractivity contribution is -0.127. The Morgan fingerprint density at radius 2 is 1.76 bits per heavy atom. The number of carbonyl (C=O) groups is 1. The molecule has 0 saturated carbocycles. The van der Waals surface area contributed by atoms with Gasteiger partial charge in [-0.3, -0.25) is 14.2 Å². The first-order valence-electron chi connectivity index (χ1n) is 12.1. The molecular formula is C28H30IN3O5S. The van der Waals surface area contributed by atoms with E-state index in [-0.39, 0.29) is 11.5 Å². The Morgan fingerprint density at radius 3 is 2.37 bits per heavy atom. The number of amides is 1. The van der Waals surface area contributed by atoms with E-state index in [4.69, 9.17) is 19.2 Å². The number of nitrogens with zero attached hydrogens (tertiary/aromatic N) is 3.